The number of nitrogens with one attached hydrogen (secondary N) is 1. The van der Waals surface area contributed by atoms with Gasteiger partial charge in [0, 0.05) is 17.8 Å². The Balaban J connectivity index is 1.61. The fraction of sp³-hybridized carbons (Fsp3) is 0. The lowest BCUT2D eigenvalue weighted by molar-refractivity contribution is 0.0981. The first-order valence-corrected chi connectivity index (χ1v) is 7.15. The molecule has 4 rings (SSSR count). The van der Waals surface area contributed by atoms with Crippen LogP contribution in [0.4, 0.5) is 5.69 Å². The van der Waals surface area contributed by atoms with E-state index in [2.05, 4.69) is 25.4 Å². The van der Waals surface area contributed by atoms with Crippen LogP contribution in [-0.4, -0.2) is 26.0 Å². The van der Waals surface area contributed by atoms with Gasteiger partial charge in [0.2, 0.25) is 5.82 Å². The molecule has 0 aliphatic rings. The molecule has 0 aliphatic heterocycles. The van der Waals surface area contributed by atoms with Crippen LogP contribution in [0.1, 0.15) is 10.7 Å². The van der Waals surface area contributed by atoms with Crippen molar-refractivity contribution < 1.29 is 13.7 Å². The summed E-state index contributed by atoms with van der Waals surface area (Å²) < 4.78 is 10.1. The predicted molar refractivity (Wildman–Crippen MR) is 85.8 cm³/mol. The van der Waals surface area contributed by atoms with Crippen molar-refractivity contribution >= 4 is 22.6 Å². The van der Waals surface area contributed by atoms with Crippen LogP contribution in [0.3, 0.4) is 0 Å². The zero-order valence-electron chi connectivity index (χ0n) is 12.5. The average molecular weight is 335 g/mol. The minimum absolute atomic E-state index is 0.0250. The fourth-order valence-electron chi connectivity index (χ4n) is 2.16. The number of nitrogens with zero attached hydrogens (tertiary/aromatic N) is 4. The first kappa shape index (κ1) is 14.7. The quantitative estimate of drug-likeness (QED) is 0.563. The first-order valence-electron chi connectivity index (χ1n) is 7.15. The van der Waals surface area contributed by atoms with Crippen molar-refractivity contribution in [1.29, 1.82) is 0 Å². The topological polar surface area (TPSA) is 124 Å². The van der Waals surface area contributed by atoms with Gasteiger partial charge in [0.05, 0.1) is 6.20 Å². The SMILES string of the molecule is O=C(Nc1cc2ccccc2oc1=O)c1nc(-c2cnccn2)no1. The second kappa shape index (κ2) is 5.96. The minimum atomic E-state index is -0.731. The van der Waals surface area contributed by atoms with Crippen LogP contribution < -0.4 is 10.9 Å². The smallest absolute Gasteiger partial charge is 0.360 e. The highest BCUT2D eigenvalue weighted by molar-refractivity contribution is 6.01. The van der Waals surface area contributed by atoms with E-state index in [0.717, 1.165) is 0 Å². The molecular formula is C16H9N5O4. The average Bonchev–Trinajstić information content (AvgIpc) is 3.13. The summed E-state index contributed by atoms with van der Waals surface area (Å²) in [5.74, 6) is -0.928. The number of rotatable bonds is 3. The van der Waals surface area contributed by atoms with E-state index in [1.807, 2.05) is 0 Å². The number of hydrogen-bond donors (Lipinski definition) is 1. The molecule has 0 aliphatic carbocycles. The standard InChI is InChI=1S/C16H9N5O4/c22-14(15-20-13(21-25-15)11-8-17-5-6-18-11)19-10-7-9-3-1-2-4-12(9)24-16(10)23/h1-8H,(H,19,22). The summed E-state index contributed by atoms with van der Waals surface area (Å²) in [6.07, 6.45) is 4.40. The molecule has 4 aromatic rings. The molecule has 0 radical (unpaired) electrons. The van der Waals surface area contributed by atoms with E-state index in [-0.39, 0.29) is 17.4 Å². The van der Waals surface area contributed by atoms with E-state index in [1.54, 1.807) is 24.3 Å². The van der Waals surface area contributed by atoms with Gasteiger partial charge in [-0.1, -0.05) is 23.4 Å². The zero-order valence-corrected chi connectivity index (χ0v) is 12.5. The molecule has 25 heavy (non-hydrogen) atoms. The third kappa shape index (κ3) is 2.85. The Morgan fingerprint density at radius 1 is 1.16 bits per heavy atom. The Bertz CT molecular complexity index is 1120. The van der Waals surface area contributed by atoms with Crippen LogP contribution in [0.5, 0.6) is 0 Å². The van der Waals surface area contributed by atoms with E-state index in [0.29, 0.717) is 16.7 Å². The number of aromatic nitrogens is 4. The highest BCUT2D eigenvalue weighted by atomic mass is 16.5. The summed E-state index contributed by atoms with van der Waals surface area (Å²) in [5.41, 5.74) is 0.0763. The Hall–Kier alpha value is -3.88. The molecule has 9 nitrogen and oxygen atoms in total. The van der Waals surface area contributed by atoms with Crippen molar-refractivity contribution in [1.82, 2.24) is 20.1 Å². The largest absolute Gasteiger partial charge is 0.421 e. The van der Waals surface area contributed by atoms with Crippen molar-refractivity contribution in [2.24, 2.45) is 0 Å². The van der Waals surface area contributed by atoms with Crippen molar-refractivity contribution in [3.8, 4) is 11.5 Å². The van der Waals surface area contributed by atoms with E-state index >= 15 is 0 Å². The van der Waals surface area contributed by atoms with Gasteiger partial charge in [-0.3, -0.25) is 9.78 Å². The van der Waals surface area contributed by atoms with Crippen LogP contribution in [0.15, 0.2) is 62.7 Å². The van der Waals surface area contributed by atoms with Gasteiger partial charge in [-0.05, 0) is 12.1 Å². The first-order chi connectivity index (χ1) is 12.2. The Kier molecular flexibility index (Phi) is 3.51. The molecule has 3 aromatic heterocycles. The van der Waals surface area contributed by atoms with Gasteiger partial charge >= 0.3 is 17.4 Å². The number of amides is 1. The molecule has 0 saturated heterocycles. The molecule has 122 valence electrons. The number of anilines is 1. The van der Waals surface area contributed by atoms with Crippen molar-refractivity contribution in [3.63, 3.8) is 0 Å². The number of fused-ring (bicyclic) bond motifs is 1. The summed E-state index contributed by atoms with van der Waals surface area (Å²) in [6, 6.07) is 8.47. The fourth-order valence-corrected chi connectivity index (χ4v) is 2.16. The Labute approximate surface area is 139 Å². The molecular weight excluding hydrogens is 326 g/mol. The highest BCUT2D eigenvalue weighted by Crippen LogP contribution is 2.16. The normalized spacial score (nSPS) is 10.7. The van der Waals surface area contributed by atoms with E-state index in [1.165, 1.54) is 24.7 Å². The maximum Gasteiger partial charge on any atom is 0.360 e. The summed E-state index contributed by atoms with van der Waals surface area (Å²) in [7, 11) is 0. The number of carbonyl (C=O) groups excluding carboxylic acids is 1. The number of para-hydroxylation sites is 1. The van der Waals surface area contributed by atoms with Gasteiger partial charge in [0.1, 0.15) is 17.0 Å². The van der Waals surface area contributed by atoms with Crippen LogP contribution in [0, 0.1) is 0 Å². The third-order valence-electron chi connectivity index (χ3n) is 3.30. The van der Waals surface area contributed by atoms with Crippen molar-refractivity contribution in [3.05, 3.63) is 65.2 Å². The van der Waals surface area contributed by atoms with Gasteiger partial charge in [-0.2, -0.15) is 4.98 Å². The molecule has 0 atom stereocenters. The highest BCUT2D eigenvalue weighted by Gasteiger charge is 2.18. The van der Waals surface area contributed by atoms with Gasteiger partial charge in [-0.25, -0.2) is 9.78 Å². The molecule has 0 bridgehead atoms. The number of hydrogen-bond acceptors (Lipinski definition) is 8. The maximum absolute atomic E-state index is 12.2. The molecule has 0 fully saturated rings. The summed E-state index contributed by atoms with van der Waals surface area (Å²) >= 11 is 0. The van der Waals surface area contributed by atoms with Crippen molar-refractivity contribution in [2.45, 2.75) is 0 Å². The van der Waals surface area contributed by atoms with E-state index < -0.39 is 11.5 Å². The summed E-state index contributed by atoms with van der Waals surface area (Å²) in [4.78, 5) is 36.0. The van der Waals surface area contributed by atoms with Gasteiger partial charge in [0.25, 0.3) is 0 Å². The van der Waals surface area contributed by atoms with Gasteiger partial charge < -0.3 is 14.3 Å². The minimum Gasteiger partial charge on any atom is -0.421 e. The lowest BCUT2D eigenvalue weighted by Crippen LogP contribution is -2.18. The summed E-state index contributed by atoms with van der Waals surface area (Å²) in [6.45, 7) is 0. The van der Waals surface area contributed by atoms with Crippen molar-refractivity contribution in [2.75, 3.05) is 5.32 Å². The van der Waals surface area contributed by atoms with Gasteiger partial charge in [0.15, 0.2) is 0 Å². The molecule has 3 heterocycles. The van der Waals surface area contributed by atoms with Crippen LogP contribution >= 0.6 is 0 Å². The van der Waals surface area contributed by atoms with Gasteiger partial charge in [-0.15, -0.1) is 0 Å². The number of benzene rings is 1. The predicted octanol–water partition coefficient (Wildman–Crippen LogP) is 1.89. The van der Waals surface area contributed by atoms with Crippen LogP contribution in [-0.2, 0) is 0 Å². The van der Waals surface area contributed by atoms with Crippen LogP contribution in [0.2, 0.25) is 0 Å². The molecule has 9 heteroatoms. The molecule has 1 N–H and O–H groups in total. The molecule has 0 spiro atoms. The Morgan fingerprint density at radius 3 is 2.88 bits per heavy atom. The maximum atomic E-state index is 12.2. The second-order valence-corrected chi connectivity index (χ2v) is 4.95. The molecule has 0 saturated carbocycles. The second-order valence-electron chi connectivity index (χ2n) is 4.95. The van der Waals surface area contributed by atoms with E-state index in [4.69, 9.17) is 8.94 Å². The molecule has 1 amide bonds. The summed E-state index contributed by atoms with van der Waals surface area (Å²) in [5, 5.41) is 6.75. The molecule has 0 unspecified atom stereocenters. The lowest BCUT2D eigenvalue weighted by Gasteiger charge is -2.02. The molecule has 1 aromatic carbocycles. The van der Waals surface area contributed by atoms with E-state index in [9.17, 15) is 9.59 Å². The number of carbonyl (C=O) groups is 1. The Morgan fingerprint density at radius 2 is 2.04 bits per heavy atom. The van der Waals surface area contributed by atoms with Crippen LogP contribution in [0.25, 0.3) is 22.5 Å². The third-order valence-corrected chi connectivity index (χ3v) is 3.30. The monoisotopic (exact) mass is 335 g/mol. The lowest BCUT2D eigenvalue weighted by atomic mass is 10.2. The zero-order chi connectivity index (χ0) is 17.2.